The summed E-state index contributed by atoms with van der Waals surface area (Å²) in [7, 11) is 0. The molecular weight excluding hydrogens is 272 g/mol. The maximum absolute atomic E-state index is 5.45. The quantitative estimate of drug-likeness (QED) is 0.697. The Bertz CT molecular complexity index is 794. The second-order valence-corrected chi connectivity index (χ2v) is 5.43. The van der Waals surface area contributed by atoms with Crippen molar-refractivity contribution in [3.63, 3.8) is 0 Å². The molecule has 1 aliphatic heterocycles. The first-order valence-electron chi connectivity index (χ1n) is 7.41. The van der Waals surface area contributed by atoms with E-state index in [1.807, 2.05) is 12.1 Å². The third-order valence-corrected chi connectivity index (χ3v) is 3.88. The molecule has 0 N–H and O–H groups in total. The van der Waals surface area contributed by atoms with Gasteiger partial charge in [-0.15, -0.1) is 0 Å². The lowest BCUT2D eigenvalue weighted by Gasteiger charge is -2.07. The number of rotatable bonds is 3. The molecular formula is C20H16O2. The van der Waals surface area contributed by atoms with Gasteiger partial charge in [-0.2, -0.15) is 0 Å². The minimum absolute atomic E-state index is 0.322. The zero-order valence-electron chi connectivity index (χ0n) is 12.2. The minimum Gasteiger partial charge on any atom is -0.454 e. The first-order chi connectivity index (χ1) is 10.9. The van der Waals surface area contributed by atoms with Crippen molar-refractivity contribution in [2.24, 2.45) is 0 Å². The molecule has 0 aliphatic carbocycles. The summed E-state index contributed by atoms with van der Waals surface area (Å²) in [6.45, 7) is 0.322. The van der Waals surface area contributed by atoms with Crippen LogP contribution >= 0.6 is 0 Å². The van der Waals surface area contributed by atoms with E-state index in [2.05, 4.69) is 60.7 Å². The van der Waals surface area contributed by atoms with E-state index < -0.39 is 0 Å². The van der Waals surface area contributed by atoms with Gasteiger partial charge in [0.25, 0.3) is 0 Å². The van der Waals surface area contributed by atoms with Crippen molar-refractivity contribution >= 4 is 0 Å². The normalized spacial score (nSPS) is 12.4. The number of ether oxygens (including phenoxy) is 2. The van der Waals surface area contributed by atoms with Crippen molar-refractivity contribution in [1.82, 2.24) is 0 Å². The Kier molecular flexibility index (Phi) is 3.28. The lowest BCUT2D eigenvalue weighted by molar-refractivity contribution is 0.174. The van der Waals surface area contributed by atoms with Gasteiger partial charge in [0.05, 0.1) is 0 Å². The van der Waals surface area contributed by atoms with E-state index in [4.69, 9.17) is 9.47 Å². The molecule has 0 atom stereocenters. The lowest BCUT2D eigenvalue weighted by Crippen LogP contribution is -1.93. The van der Waals surface area contributed by atoms with Gasteiger partial charge in [-0.05, 0) is 40.8 Å². The van der Waals surface area contributed by atoms with Gasteiger partial charge in [-0.1, -0.05) is 60.7 Å². The monoisotopic (exact) mass is 288 g/mol. The Hall–Kier alpha value is -2.74. The zero-order chi connectivity index (χ0) is 14.8. The third kappa shape index (κ3) is 2.56. The van der Waals surface area contributed by atoms with Gasteiger partial charge in [0.2, 0.25) is 6.79 Å². The first-order valence-corrected chi connectivity index (χ1v) is 7.41. The van der Waals surface area contributed by atoms with Crippen molar-refractivity contribution in [3.05, 3.63) is 83.9 Å². The molecule has 1 heterocycles. The van der Waals surface area contributed by atoms with Crippen molar-refractivity contribution in [2.75, 3.05) is 6.79 Å². The lowest BCUT2D eigenvalue weighted by atomic mass is 9.99. The standard InChI is InChI=1S/C20H16O2/c1-2-6-17(7-3-1)18-8-4-5-15(12-18)11-16-9-10-19-20(13-16)22-14-21-19/h1-10,12-13H,11,14H2. The summed E-state index contributed by atoms with van der Waals surface area (Å²) in [5.41, 5.74) is 5.02. The molecule has 0 aromatic heterocycles. The van der Waals surface area contributed by atoms with Crippen LogP contribution in [0.2, 0.25) is 0 Å². The van der Waals surface area contributed by atoms with E-state index >= 15 is 0 Å². The van der Waals surface area contributed by atoms with Crippen LogP contribution in [0.4, 0.5) is 0 Å². The van der Waals surface area contributed by atoms with E-state index in [0.29, 0.717) is 6.79 Å². The molecule has 0 unspecified atom stereocenters. The topological polar surface area (TPSA) is 18.5 Å². The van der Waals surface area contributed by atoms with Crippen LogP contribution in [0, 0.1) is 0 Å². The van der Waals surface area contributed by atoms with Crippen LogP contribution < -0.4 is 9.47 Å². The highest BCUT2D eigenvalue weighted by atomic mass is 16.7. The summed E-state index contributed by atoms with van der Waals surface area (Å²) in [5, 5.41) is 0. The fourth-order valence-electron chi connectivity index (χ4n) is 2.78. The van der Waals surface area contributed by atoms with E-state index in [1.54, 1.807) is 0 Å². The molecule has 0 amide bonds. The molecule has 1 aliphatic rings. The smallest absolute Gasteiger partial charge is 0.231 e. The summed E-state index contributed by atoms with van der Waals surface area (Å²) < 4.78 is 10.8. The third-order valence-electron chi connectivity index (χ3n) is 3.88. The highest BCUT2D eigenvalue weighted by Crippen LogP contribution is 2.33. The molecule has 22 heavy (non-hydrogen) atoms. The van der Waals surface area contributed by atoms with E-state index in [-0.39, 0.29) is 0 Å². The summed E-state index contributed by atoms with van der Waals surface area (Å²) in [4.78, 5) is 0. The van der Waals surface area contributed by atoms with Gasteiger partial charge < -0.3 is 9.47 Å². The van der Waals surface area contributed by atoms with Crippen LogP contribution in [0.25, 0.3) is 11.1 Å². The van der Waals surface area contributed by atoms with Crippen molar-refractivity contribution in [3.8, 4) is 22.6 Å². The van der Waals surface area contributed by atoms with Gasteiger partial charge in [0, 0.05) is 0 Å². The highest BCUT2D eigenvalue weighted by molar-refractivity contribution is 5.64. The summed E-state index contributed by atoms with van der Waals surface area (Å²) in [6, 6.07) is 25.3. The van der Waals surface area contributed by atoms with Gasteiger partial charge >= 0.3 is 0 Å². The average Bonchev–Trinajstić information content (AvgIpc) is 3.04. The number of fused-ring (bicyclic) bond motifs is 1. The maximum Gasteiger partial charge on any atom is 0.231 e. The molecule has 108 valence electrons. The van der Waals surface area contributed by atoms with Gasteiger partial charge in [0.1, 0.15) is 0 Å². The Morgan fingerprint density at radius 1 is 0.636 bits per heavy atom. The Morgan fingerprint density at radius 2 is 1.41 bits per heavy atom. The average molecular weight is 288 g/mol. The summed E-state index contributed by atoms with van der Waals surface area (Å²) in [6.07, 6.45) is 0.886. The molecule has 2 heteroatoms. The summed E-state index contributed by atoms with van der Waals surface area (Å²) in [5.74, 6) is 1.68. The predicted octanol–water partition coefficient (Wildman–Crippen LogP) is 4.67. The molecule has 4 rings (SSSR count). The van der Waals surface area contributed by atoms with Crippen LogP contribution in [-0.2, 0) is 6.42 Å². The maximum atomic E-state index is 5.45. The van der Waals surface area contributed by atoms with E-state index in [1.165, 1.54) is 22.3 Å². The fraction of sp³-hybridized carbons (Fsp3) is 0.100. The van der Waals surface area contributed by atoms with Crippen LogP contribution in [0.15, 0.2) is 72.8 Å². The molecule has 0 fully saturated rings. The van der Waals surface area contributed by atoms with Gasteiger partial charge in [-0.3, -0.25) is 0 Å². The number of hydrogen-bond acceptors (Lipinski definition) is 2. The van der Waals surface area contributed by atoms with Crippen LogP contribution in [-0.4, -0.2) is 6.79 Å². The second kappa shape index (κ2) is 5.57. The number of hydrogen-bond donors (Lipinski definition) is 0. The van der Waals surface area contributed by atoms with Crippen LogP contribution in [0.3, 0.4) is 0 Å². The van der Waals surface area contributed by atoms with E-state index in [9.17, 15) is 0 Å². The molecule has 0 bridgehead atoms. The Morgan fingerprint density at radius 3 is 2.32 bits per heavy atom. The van der Waals surface area contributed by atoms with Gasteiger partial charge in [-0.25, -0.2) is 0 Å². The largest absolute Gasteiger partial charge is 0.454 e. The Balaban J connectivity index is 1.61. The van der Waals surface area contributed by atoms with E-state index in [0.717, 1.165) is 17.9 Å². The summed E-state index contributed by atoms with van der Waals surface area (Å²) >= 11 is 0. The van der Waals surface area contributed by atoms with Crippen LogP contribution in [0.1, 0.15) is 11.1 Å². The minimum atomic E-state index is 0.322. The van der Waals surface area contributed by atoms with Crippen LogP contribution in [0.5, 0.6) is 11.5 Å². The SMILES string of the molecule is c1ccc(-c2cccc(Cc3ccc4c(c3)OCO4)c2)cc1. The zero-order valence-corrected chi connectivity index (χ0v) is 12.2. The first kappa shape index (κ1) is 13.0. The molecule has 0 spiro atoms. The van der Waals surface area contributed by atoms with Crippen molar-refractivity contribution < 1.29 is 9.47 Å². The van der Waals surface area contributed by atoms with Crippen molar-refractivity contribution in [1.29, 1.82) is 0 Å². The molecule has 3 aromatic carbocycles. The van der Waals surface area contributed by atoms with Gasteiger partial charge in [0.15, 0.2) is 11.5 Å². The molecule has 2 nitrogen and oxygen atoms in total. The molecule has 3 aromatic rings. The molecule has 0 saturated heterocycles. The fourth-order valence-corrected chi connectivity index (χ4v) is 2.78. The molecule has 0 radical (unpaired) electrons. The highest BCUT2D eigenvalue weighted by Gasteiger charge is 2.13. The molecule has 0 saturated carbocycles. The number of benzene rings is 3. The predicted molar refractivity (Wildman–Crippen MR) is 87.2 cm³/mol. The van der Waals surface area contributed by atoms with Crippen molar-refractivity contribution in [2.45, 2.75) is 6.42 Å². The Labute approximate surface area is 129 Å². The second-order valence-electron chi connectivity index (χ2n) is 5.43.